The van der Waals surface area contributed by atoms with Gasteiger partial charge >= 0.3 is 0 Å². The van der Waals surface area contributed by atoms with Gasteiger partial charge in [0.15, 0.2) is 0 Å². The van der Waals surface area contributed by atoms with Gasteiger partial charge in [-0.15, -0.1) is 0 Å². The number of piperidine rings is 1. The predicted molar refractivity (Wildman–Crippen MR) is 80.0 cm³/mol. The van der Waals surface area contributed by atoms with Gasteiger partial charge in [-0.3, -0.25) is 0 Å². The molecule has 1 aliphatic heterocycles. The van der Waals surface area contributed by atoms with E-state index < -0.39 is 5.60 Å². The molecule has 3 atom stereocenters. The van der Waals surface area contributed by atoms with E-state index >= 15 is 0 Å². The monoisotopic (exact) mass is 261 g/mol. The normalized spacial score (nSPS) is 33.4. The standard InChI is InChI=1S/C17H27NO/c1-13-17(19,14-9-7-6-8-10-14)11-15(12-18(13)5)16(2,3)4/h6-10,13,15,19H,11-12H2,1-5H3. The van der Waals surface area contributed by atoms with E-state index in [1.54, 1.807) is 0 Å². The van der Waals surface area contributed by atoms with Gasteiger partial charge in [0, 0.05) is 12.6 Å². The average Bonchev–Trinajstić information content (AvgIpc) is 2.35. The maximum absolute atomic E-state index is 11.3. The first-order valence-corrected chi connectivity index (χ1v) is 7.23. The Balaban J connectivity index is 2.37. The van der Waals surface area contributed by atoms with E-state index in [9.17, 15) is 5.11 Å². The van der Waals surface area contributed by atoms with Crippen molar-refractivity contribution < 1.29 is 5.11 Å². The molecule has 19 heavy (non-hydrogen) atoms. The Bertz CT molecular complexity index is 423. The van der Waals surface area contributed by atoms with Gasteiger partial charge in [-0.2, -0.15) is 0 Å². The molecule has 2 heteroatoms. The number of hydrogen-bond donors (Lipinski definition) is 1. The number of aliphatic hydroxyl groups is 1. The molecule has 0 spiro atoms. The second-order valence-electron chi connectivity index (χ2n) is 7.17. The fourth-order valence-corrected chi connectivity index (χ4v) is 3.15. The van der Waals surface area contributed by atoms with Crippen molar-refractivity contribution in [1.82, 2.24) is 4.90 Å². The summed E-state index contributed by atoms with van der Waals surface area (Å²) in [6.45, 7) is 10.00. The molecule has 1 N–H and O–H groups in total. The van der Waals surface area contributed by atoms with E-state index in [-0.39, 0.29) is 11.5 Å². The topological polar surface area (TPSA) is 23.5 Å². The van der Waals surface area contributed by atoms with Crippen LogP contribution in [-0.4, -0.2) is 29.6 Å². The first kappa shape index (κ1) is 14.5. The SMILES string of the molecule is CC1N(C)CC(C(C)(C)C)CC1(O)c1ccccc1. The summed E-state index contributed by atoms with van der Waals surface area (Å²) in [7, 11) is 2.12. The number of hydrogen-bond acceptors (Lipinski definition) is 2. The lowest BCUT2D eigenvalue weighted by molar-refractivity contribution is -0.109. The number of benzene rings is 1. The zero-order valence-corrected chi connectivity index (χ0v) is 12.9. The second-order valence-corrected chi connectivity index (χ2v) is 7.17. The zero-order valence-electron chi connectivity index (χ0n) is 12.9. The van der Waals surface area contributed by atoms with Crippen molar-refractivity contribution in [3.63, 3.8) is 0 Å². The minimum absolute atomic E-state index is 0.147. The van der Waals surface area contributed by atoms with E-state index in [0.717, 1.165) is 18.5 Å². The van der Waals surface area contributed by atoms with Crippen LogP contribution in [0.1, 0.15) is 39.7 Å². The molecule has 3 unspecified atom stereocenters. The van der Waals surface area contributed by atoms with Crippen molar-refractivity contribution in [2.75, 3.05) is 13.6 Å². The molecule has 1 fully saturated rings. The van der Waals surface area contributed by atoms with Crippen LogP contribution in [0.5, 0.6) is 0 Å². The Labute approximate surface area is 117 Å². The zero-order chi connectivity index (χ0) is 14.3. The van der Waals surface area contributed by atoms with Crippen LogP contribution in [0.15, 0.2) is 30.3 Å². The Kier molecular flexibility index (Phi) is 3.76. The Morgan fingerprint density at radius 1 is 1.21 bits per heavy atom. The van der Waals surface area contributed by atoms with E-state index in [1.165, 1.54) is 0 Å². The first-order chi connectivity index (χ1) is 8.75. The van der Waals surface area contributed by atoms with Crippen molar-refractivity contribution in [2.45, 2.75) is 45.8 Å². The molecule has 1 aromatic carbocycles. The quantitative estimate of drug-likeness (QED) is 0.839. The lowest BCUT2D eigenvalue weighted by Crippen LogP contribution is -2.56. The van der Waals surface area contributed by atoms with Gasteiger partial charge in [-0.1, -0.05) is 51.1 Å². The van der Waals surface area contributed by atoms with Gasteiger partial charge in [0.05, 0.1) is 0 Å². The van der Waals surface area contributed by atoms with Crippen LogP contribution in [-0.2, 0) is 5.60 Å². The lowest BCUT2D eigenvalue weighted by atomic mass is 9.67. The predicted octanol–water partition coefficient (Wildman–Crippen LogP) is 3.26. The van der Waals surface area contributed by atoms with Crippen molar-refractivity contribution >= 4 is 0 Å². The molecule has 1 aliphatic rings. The molecule has 2 rings (SSSR count). The summed E-state index contributed by atoms with van der Waals surface area (Å²) in [6, 6.07) is 10.3. The molecule has 0 bridgehead atoms. The van der Waals surface area contributed by atoms with Crippen LogP contribution in [0.3, 0.4) is 0 Å². The van der Waals surface area contributed by atoms with Gasteiger partial charge < -0.3 is 10.0 Å². The Hall–Kier alpha value is -0.860. The summed E-state index contributed by atoms with van der Waals surface area (Å²) in [4.78, 5) is 2.30. The van der Waals surface area contributed by atoms with Crippen LogP contribution in [0.25, 0.3) is 0 Å². The third-order valence-corrected chi connectivity index (χ3v) is 4.92. The summed E-state index contributed by atoms with van der Waals surface area (Å²) in [6.07, 6.45) is 0.839. The van der Waals surface area contributed by atoms with E-state index in [4.69, 9.17) is 0 Å². The summed E-state index contributed by atoms with van der Waals surface area (Å²) >= 11 is 0. The van der Waals surface area contributed by atoms with Crippen LogP contribution >= 0.6 is 0 Å². The highest BCUT2D eigenvalue weighted by atomic mass is 16.3. The largest absolute Gasteiger partial charge is 0.384 e. The Morgan fingerprint density at radius 3 is 2.32 bits per heavy atom. The van der Waals surface area contributed by atoms with Crippen molar-refractivity contribution in [1.29, 1.82) is 0 Å². The maximum Gasteiger partial charge on any atom is 0.105 e. The van der Waals surface area contributed by atoms with Gasteiger partial charge in [0.1, 0.15) is 5.60 Å². The maximum atomic E-state index is 11.3. The van der Waals surface area contributed by atoms with Crippen LogP contribution in [0, 0.1) is 11.3 Å². The minimum Gasteiger partial charge on any atom is -0.384 e. The summed E-state index contributed by atoms with van der Waals surface area (Å²) in [5.74, 6) is 0.499. The van der Waals surface area contributed by atoms with Crippen molar-refractivity contribution in [3.05, 3.63) is 35.9 Å². The van der Waals surface area contributed by atoms with Crippen molar-refractivity contribution in [2.24, 2.45) is 11.3 Å². The highest BCUT2D eigenvalue weighted by Gasteiger charge is 2.46. The smallest absolute Gasteiger partial charge is 0.105 e. The lowest BCUT2D eigenvalue weighted by Gasteiger charge is -2.51. The summed E-state index contributed by atoms with van der Waals surface area (Å²) in [5, 5.41) is 11.3. The molecule has 0 amide bonds. The molecule has 0 aliphatic carbocycles. The number of likely N-dealkylation sites (N-methyl/N-ethyl adjacent to an activating group) is 1. The summed E-state index contributed by atoms with van der Waals surface area (Å²) in [5.41, 5.74) is 0.520. The van der Waals surface area contributed by atoms with Crippen LogP contribution in [0.4, 0.5) is 0 Å². The summed E-state index contributed by atoms with van der Waals surface area (Å²) < 4.78 is 0. The molecule has 0 saturated carbocycles. The molecule has 2 nitrogen and oxygen atoms in total. The fourth-order valence-electron chi connectivity index (χ4n) is 3.15. The number of rotatable bonds is 1. The second kappa shape index (κ2) is 4.92. The molecule has 1 heterocycles. The molecule has 0 aromatic heterocycles. The third-order valence-electron chi connectivity index (χ3n) is 4.92. The first-order valence-electron chi connectivity index (χ1n) is 7.23. The van der Waals surface area contributed by atoms with E-state index in [0.29, 0.717) is 5.92 Å². The third kappa shape index (κ3) is 2.70. The van der Waals surface area contributed by atoms with Gasteiger partial charge in [-0.25, -0.2) is 0 Å². The van der Waals surface area contributed by atoms with Crippen LogP contribution < -0.4 is 0 Å². The number of nitrogens with zero attached hydrogens (tertiary/aromatic N) is 1. The van der Waals surface area contributed by atoms with Gasteiger partial charge in [0.25, 0.3) is 0 Å². The average molecular weight is 261 g/mol. The Morgan fingerprint density at radius 2 is 1.79 bits per heavy atom. The molecule has 1 aromatic rings. The highest BCUT2D eigenvalue weighted by Crippen LogP contribution is 2.44. The van der Waals surface area contributed by atoms with E-state index in [1.807, 2.05) is 18.2 Å². The molecule has 106 valence electrons. The van der Waals surface area contributed by atoms with Crippen molar-refractivity contribution in [3.8, 4) is 0 Å². The minimum atomic E-state index is -0.744. The van der Waals surface area contributed by atoms with Crippen LogP contribution in [0.2, 0.25) is 0 Å². The van der Waals surface area contributed by atoms with Gasteiger partial charge in [-0.05, 0) is 37.3 Å². The molecule has 0 radical (unpaired) electrons. The number of likely N-dealkylation sites (tertiary alicyclic amines) is 1. The van der Waals surface area contributed by atoms with E-state index in [2.05, 4.69) is 51.8 Å². The highest BCUT2D eigenvalue weighted by molar-refractivity contribution is 5.25. The fraction of sp³-hybridized carbons (Fsp3) is 0.647. The molecule has 1 saturated heterocycles. The molecular formula is C17H27NO. The molecular weight excluding hydrogens is 234 g/mol. The van der Waals surface area contributed by atoms with Gasteiger partial charge in [0.2, 0.25) is 0 Å².